The summed E-state index contributed by atoms with van der Waals surface area (Å²) < 4.78 is 24.9. The number of imidazole rings is 1. The van der Waals surface area contributed by atoms with Crippen molar-refractivity contribution in [2.24, 2.45) is 0 Å². The van der Waals surface area contributed by atoms with E-state index >= 15 is 0 Å². The number of carbonyl (C=O) groups is 1. The van der Waals surface area contributed by atoms with Crippen LogP contribution >= 0.6 is 0 Å². The maximum absolute atomic E-state index is 12.2. The molecule has 7 heteroatoms. The number of rotatable bonds is 6. The van der Waals surface area contributed by atoms with Crippen LogP contribution in [0.4, 0.5) is 0 Å². The van der Waals surface area contributed by atoms with E-state index in [0.717, 1.165) is 11.0 Å². The van der Waals surface area contributed by atoms with Crippen molar-refractivity contribution in [1.29, 1.82) is 0 Å². The van der Waals surface area contributed by atoms with Gasteiger partial charge in [-0.3, -0.25) is 4.79 Å². The number of carbonyl (C=O) groups excluding carboxylic acids is 1. The minimum atomic E-state index is -3.10. The molecule has 0 spiro atoms. The van der Waals surface area contributed by atoms with Crippen LogP contribution in [-0.4, -0.2) is 35.9 Å². The Bertz CT molecular complexity index is 995. The number of fused-ring (bicyclic) bond motifs is 1. The Kier molecular flexibility index (Phi) is 4.85. The van der Waals surface area contributed by atoms with E-state index in [9.17, 15) is 13.2 Å². The molecule has 25 heavy (non-hydrogen) atoms. The fourth-order valence-corrected chi connectivity index (χ4v) is 3.13. The molecular weight excluding hydrogens is 338 g/mol. The van der Waals surface area contributed by atoms with E-state index in [1.54, 1.807) is 24.3 Å². The quantitative estimate of drug-likeness (QED) is 0.732. The second-order valence-electron chi connectivity index (χ2n) is 5.85. The number of hydrogen-bond donors (Lipinski definition) is 1. The molecule has 130 valence electrons. The molecule has 6 nitrogen and oxygen atoms in total. The number of aromatic nitrogens is 2. The van der Waals surface area contributed by atoms with Crippen LogP contribution in [0, 0.1) is 0 Å². The number of nitrogens with zero attached hydrogens (tertiary/aromatic N) is 2. The second-order valence-corrected chi connectivity index (χ2v) is 8.11. The maximum Gasteiger partial charge on any atom is 0.251 e. The molecule has 1 aromatic heterocycles. The number of nitrogens with one attached hydrogen (secondary N) is 1. The third-order valence-corrected chi connectivity index (χ3v) is 4.79. The lowest BCUT2D eigenvalue weighted by Gasteiger charge is -2.10. The Labute approximate surface area is 146 Å². The summed E-state index contributed by atoms with van der Waals surface area (Å²) >= 11 is 0. The number of benzene rings is 2. The highest BCUT2D eigenvalue weighted by Crippen LogP contribution is 2.16. The predicted molar refractivity (Wildman–Crippen MR) is 97.1 cm³/mol. The van der Waals surface area contributed by atoms with Crippen LogP contribution in [-0.2, 0) is 22.9 Å². The molecule has 1 amide bonds. The summed E-state index contributed by atoms with van der Waals surface area (Å²) in [7, 11) is -3.10. The molecule has 0 fully saturated rings. The van der Waals surface area contributed by atoms with Gasteiger partial charge < -0.3 is 9.88 Å². The highest BCUT2D eigenvalue weighted by molar-refractivity contribution is 7.90. The standard InChI is InChI=1S/C18H19N3O3S/c1-25(23,24)12-11-21-16-10-6-5-9-15(16)20-17(21)13-19-18(22)14-7-3-2-4-8-14/h2-10H,11-13H2,1H3,(H,19,22). The summed E-state index contributed by atoms with van der Waals surface area (Å²) in [6, 6.07) is 16.5. The van der Waals surface area contributed by atoms with Crippen LogP contribution < -0.4 is 5.32 Å². The maximum atomic E-state index is 12.2. The fraction of sp³-hybridized carbons (Fsp3) is 0.222. The predicted octanol–water partition coefficient (Wildman–Crippen LogP) is 2.01. The van der Waals surface area contributed by atoms with E-state index in [1.807, 2.05) is 34.9 Å². The van der Waals surface area contributed by atoms with Gasteiger partial charge in [-0.2, -0.15) is 0 Å². The van der Waals surface area contributed by atoms with Gasteiger partial charge in [-0.1, -0.05) is 30.3 Å². The van der Waals surface area contributed by atoms with Crippen molar-refractivity contribution in [2.45, 2.75) is 13.1 Å². The zero-order valence-electron chi connectivity index (χ0n) is 13.8. The largest absolute Gasteiger partial charge is 0.345 e. The second kappa shape index (κ2) is 7.06. The van der Waals surface area contributed by atoms with Crippen LogP contribution in [0.3, 0.4) is 0 Å². The zero-order chi connectivity index (χ0) is 17.9. The van der Waals surface area contributed by atoms with E-state index in [0.29, 0.717) is 17.9 Å². The summed E-state index contributed by atoms with van der Waals surface area (Å²) in [4.78, 5) is 16.7. The normalized spacial score (nSPS) is 11.6. The Morgan fingerprint density at radius 1 is 1.08 bits per heavy atom. The van der Waals surface area contributed by atoms with Gasteiger partial charge in [0.15, 0.2) is 0 Å². The molecule has 3 aromatic rings. The number of amides is 1. The van der Waals surface area contributed by atoms with Gasteiger partial charge >= 0.3 is 0 Å². The first-order valence-corrected chi connectivity index (χ1v) is 9.95. The summed E-state index contributed by atoms with van der Waals surface area (Å²) in [5.41, 5.74) is 2.20. The number of aryl methyl sites for hydroxylation is 1. The van der Waals surface area contributed by atoms with Crippen molar-refractivity contribution >= 4 is 26.8 Å². The lowest BCUT2D eigenvalue weighted by Crippen LogP contribution is -2.25. The van der Waals surface area contributed by atoms with Gasteiger partial charge in [0.25, 0.3) is 5.91 Å². The first-order chi connectivity index (χ1) is 11.9. The molecule has 3 rings (SSSR count). The van der Waals surface area contributed by atoms with E-state index in [4.69, 9.17) is 0 Å². The first kappa shape index (κ1) is 17.2. The van der Waals surface area contributed by atoms with Gasteiger partial charge in [-0.25, -0.2) is 13.4 Å². The van der Waals surface area contributed by atoms with Gasteiger partial charge in [-0.15, -0.1) is 0 Å². The average Bonchev–Trinajstić information content (AvgIpc) is 2.95. The van der Waals surface area contributed by atoms with Gasteiger partial charge in [0.1, 0.15) is 15.7 Å². The minimum absolute atomic E-state index is 0.0208. The lowest BCUT2D eigenvalue weighted by molar-refractivity contribution is 0.0949. The Hall–Kier alpha value is -2.67. The highest BCUT2D eigenvalue weighted by atomic mass is 32.2. The van der Waals surface area contributed by atoms with Crippen LogP contribution in [0.2, 0.25) is 0 Å². The van der Waals surface area contributed by atoms with Crippen LogP contribution in [0.5, 0.6) is 0 Å². The number of hydrogen-bond acceptors (Lipinski definition) is 4. The molecule has 0 saturated heterocycles. The molecule has 2 aromatic carbocycles. The highest BCUT2D eigenvalue weighted by Gasteiger charge is 2.14. The van der Waals surface area contributed by atoms with Crippen molar-refractivity contribution in [1.82, 2.24) is 14.9 Å². The molecule has 0 aliphatic heterocycles. The van der Waals surface area contributed by atoms with E-state index in [2.05, 4.69) is 10.3 Å². The van der Waals surface area contributed by atoms with Crippen LogP contribution in [0.15, 0.2) is 54.6 Å². The first-order valence-electron chi connectivity index (χ1n) is 7.89. The van der Waals surface area contributed by atoms with Crippen molar-refractivity contribution in [3.8, 4) is 0 Å². The molecule has 0 aliphatic rings. The summed E-state index contributed by atoms with van der Waals surface area (Å²) in [5, 5.41) is 2.84. The molecule has 0 atom stereocenters. The average molecular weight is 357 g/mol. The molecule has 0 radical (unpaired) electrons. The van der Waals surface area contributed by atoms with Gasteiger partial charge in [0.2, 0.25) is 0 Å². The lowest BCUT2D eigenvalue weighted by atomic mass is 10.2. The minimum Gasteiger partial charge on any atom is -0.345 e. The fourth-order valence-electron chi connectivity index (χ4n) is 2.62. The smallest absolute Gasteiger partial charge is 0.251 e. The Balaban J connectivity index is 1.83. The molecular formula is C18H19N3O3S. The molecule has 0 aliphatic carbocycles. The van der Waals surface area contributed by atoms with Crippen molar-refractivity contribution < 1.29 is 13.2 Å². The molecule has 1 N–H and O–H groups in total. The summed E-state index contributed by atoms with van der Waals surface area (Å²) in [6.07, 6.45) is 1.21. The number of para-hydroxylation sites is 2. The SMILES string of the molecule is CS(=O)(=O)CCn1c(CNC(=O)c2ccccc2)nc2ccccc21. The molecule has 0 bridgehead atoms. The molecule has 1 heterocycles. The van der Waals surface area contributed by atoms with Crippen molar-refractivity contribution in [3.63, 3.8) is 0 Å². The Morgan fingerprint density at radius 3 is 2.48 bits per heavy atom. The molecule has 0 unspecified atom stereocenters. The Morgan fingerprint density at radius 2 is 1.76 bits per heavy atom. The van der Waals surface area contributed by atoms with Gasteiger partial charge in [0, 0.05) is 18.4 Å². The van der Waals surface area contributed by atoms with Crippen molar-refractivity contribution in [3.05, 3.63) is 66.0 Å². The van der Waals surface area contributed by atoms with E-state index in [1.165, 1.54) is 6.26 Å². The summed E-state index contributed by atoms with van der Waals surface area (Å²) in [5.74, 6) is 0.462. The van der Waals surface area contributed by atoms with Gasteiger partial charge in [-0.05, 0) is 24.3 Å². The topological polar surface area (TPSA) is 81.1 Å². The van der Waals surface area contributed by atoms with Crippen molar-refractivity contribution in [2.75, 3.05) is 12.0 Å². The van der Waals surface area contributed by atoms with Gasteiger partial charge in [0.05, 0.1) is 23.3 Å². The third-order valence-electron chi connectivity index (χ3n) is 3.86. The number of sulfone groups is 1. The summed E-state index contributed by atoms with van der Waals surface area (Å²) in [6.45, 7) is 0.530. The van der Waals surface area contributed by atoms with Crippen LogP contribution in [0.1, 0.15) is 16.2 Å². The third kappa shape index (κ3) is 4.24. The monoisotopic (exact) mass is 357 g/mol. The van der Waals surface area contributed by atoms with Crippen LogP contribution in [0.25, 0.3) is 11.0 Å². The zero-order valence-corrected chi connectivity index (χ0v) is 14.7. The molecule has 0 saturated carbocycles. The van der Waals surface area contributed by atoms with E-state index < -0.39 is 9.84 Å². The van der Waals surface area contributed by atoms with E-state index in [-0.39, 0.29) is 18.2 Å².